The summed E-state index contributed by atoms with van der Waals surface area (Å²) in [6, 6.07) is 5.22. The van der Waals surface area contributed by atoms with Gasteiger partial charge < -0.3 is 10.6 Å². The second-order valence-electron chi connectivity index (χ2n) is 6.32. The van der Waals surface area contributed by atoms with Gasteiger partial charge in [-0.05, 0) is 57.0 Å². The molecule has 0 bridgehead atoms. The summed E-state index contributed by atoms with van der Waals surface area (Å²) in [5.74, 6) is -0.0819. The van der Waals surface area contributed by atoms with Gasteiger partial charge >= 0.3 is 0 Å². The first kappa shape index (κ1) is 21.9. The lowest BCUT2D eigenvalue weighted by Gasteiger charge is -2.30. The molecular formula is C17H28ClN3O3S. The van der Waals surface area contributed by atoms with Crippen molar-refractivity contribution in [2.24, 2.45) is 5.92 Å². The standard InChI is InChI=1S/C17H27N3O3S.ClH/c1-13-4-5-16(12-14(13)2)24(22,23)20-10-6-15(7-11-20)17(21)19-9-8-18-3;/h4-5,12,15,18H,6-11H2,1-3H3,(H,19,21);1H. The third kappa shape index (κ3) is 5.41. The van der Waals surface area contributed by atoms with Crippen LogP contribution in [0.15, 0.2) is 23.1 Å². The van der Waals surface area contributed by atoms with Crippen molar-refractivity contribution < 1.29 is 13.2 Å². The van der Waals surface area contributed by atoms with Gasteiger partial charge in [0.15, 0.2) is 0 Å². The summed E-state index contributed by atoms with van der Waals surface area (Å²) in [6.45, 7) is 5.97. The summed E-state index contributed by atoms with van der Waals surface area (Å²) in [5.41, 5.74) is 2.04. The zero-order valence-electron chi connectivity index (χ0n) is 15.0. The maximum Gasteiger partial charge on any atom is 0.243 e. The van der Waals surface area contributed by atoms with Crippen molar-refractivity contribution in [3.8, 4) is 0 Å². The highest BCUT2D eigenvalue weighted by Gasteiger charge is 2.32. The van der Waals surface area contributed by atoms with Crippen LogP contribution in [-0.4, -0.2) is 51.9 Å². The topological polar surface area (TPSA) is 78.5 Å². The lowest BCUT2D eigenvalue weighted by atomic mass is 9.97. The molecule has 0 radical (unpaired) electrons. The van der Waals surface area contributed by atoms with Gasteiger partial charge in [-0.1, -0.05) is 6.07 Å². The number of halogens is 1. The Hall–Kier alpha value is -1.15. The minimum Gasteiger partial charge on any atom is -0.355 e. The molecule has 1 heterocycles. The van der Waals surface area contributed by atoms with Crippen molar-refractivity contribution in [3.05, 3.63) is 29.3 Å². The Morgan fingerprint density at radius 1 is 1.16 bits per heavy atom. The Morgan fingerprint density at radius 3 is 2.36 bits per heavy atom. The van der Waals surface area contributed by atoms with E-state index in [0.717, 1.165) is 17.7 Å². The van der Waals surface area contributed by atoms with Crippen LogP contribution in [0.3, 0.4) is 0 Å². The van der Waals surface area contributed by atoms with E-state index in [0.29, 0.717) is 37.4 Å². The van der Waals surface area contributed by atoms with Crippen LogP contribution >= 0.6 is 12.4 Å². The first-order valence-electron chi connectivity index (χ1n) is 8.36. The minimum atomic E-state index is -3.48. The molecule has 1 aliphatic rings. The van der Waals surface area contributed by atoms with Crippen molar-refractivity contribution in [1.82, 2.24) is 14.9 Å². The first-order valence-corrected chi connectivity index (χ1v) is 9.80. The van der Waals surface area contributed by atoms with Crippen molar-refractivity contribution in [3.63, 3.8) is 0 Å². The van der Waals surface area contributed by atoms with Crippen LogP contribution < -0.4 is 10.6 Å². The lowest BCUT2D eigenvalue weighted by Crippen LogP contribution is -2.43. The molecule has 1 aromatic carbocycles. The highest BCUT2D eigenvalue weighted by Crippen LogP contribution is 2.25. The zero-order valence-corrected chi connectivity index (χ0v) is 16.7. The number of sulfonamides is 1. The number of carbonyl (C=O) groups excluding carboxylic acids is 1. The fraction of sp³-hybridized carbons (Fsp3) is 0.588. The molecule has 25 heavy (non-hydrogen) atoms. The molecule has 142 valence electrons. The molecular weight excluding hydrogens is 362 g/mol. The monoisotopic (exact) mass is 389 g/mol. The van der Waals surface area contributed by atoms with E-state index in [9.17, 15) is 13.2 Å². The van der Waals surface area contributed by atoms with Crippen LogP contribution in [-0.2, 0) is 14.8 Å². The fourth-order valence-electron chi connectivity index (χ4n) is 2.84. The van der Waals surface area contributed by atoms with Gasteiger partial charge in [0.25, 0.3) is 0 Å². The van der Waals surface area contributed by atoms with Gasteiger partial charge in [-0.2, -0.15) is 4.31 Å². The second-order valence-corrected chi connectivity index (χ2v) is 8.26. The summed E-state index contributed by atoms with van der Waals surface area (Å²) >= 11 is 0. The number of hydrogen-bond donors (Lipinski definition) is 2. The molecule has 6 nitrogen and oxygen atoms in total. The van der Waals surface area contributed by atoms with Crippen LogP contribution in [0.25, 0.3) is 0 Å². The van der Waals surface area contributed by atoms with Crippen LogP contribution in [0, 0.1) is 19.8 Å². The van der Waals surface area contributed by atoms with E-state index in [4.69, 9.17) is 0 Å². The van der Waals surface area contributed by atoms with E-state index in [2.05, 4.69) is 10.6 Å². The minimum absolute atomic E-state index is 0. The molecule has 0 aromatic heterocycles. The largest absolute Gasteiger partial charge is 0.355 e. The summed E-state index contributed by atoms with van der Waals surface area (Å²) in [5, 5.41) is 5.86. The number of benzene rings is 1. The lowest BCUT2D eigenvalue weighted by molar-refractivity contribution is -0.126. The van der Waals surface area contributed by atoms with E-state index >= 15 is 0 Å². The van der Waals surface area contributed by atoms with Crippen LogP contribution in [0.5, 0.6) is 0 Å². The summed E-state index contributed by atoms with van der Waals surface area (Å²) in [7, 11) is -1.64. The Morgan fingerprint density at radius 2 is 1.80 bits per heavy atom. The Balaban J connectivity index is 0.00000312. The smallest absolute Gasteiger partial charge is 0.243 e. The Kier molecular flexibility index (Phi) is 8.34. The number of likely N-dealkylation sites (N-methyl/N-ethyl adjacent to an activating group) is 1. The number of hydrogen-bond acceptors (Lipinski definition) is 4. The molecule has 1 saturated heterocycles. The predicted molar refractivity (Wildman–Crippen MR) is 102 cm³/mol. The third-order valence-electron chi connectivity index (χ3n) is 4.62. The van der Waals surface area contributed by atoms with E-state index in [1.807, 2.05) is 27.0 Å². The van der Waals surface area contributed by atoms with Crippen molar-refractivity contribution in [2.75, 3.05) is 33.2 Å². The molecule has 1 aliphatic heterocycles. The molecule has 1 amide bonds. The van der Waals surface area contributed by atoms with Gasteiger partial charge in [0.05, 0.1) is 4.90 Å². The van der Waals surface area contributed by atoms with Gasteiger partial charge in [-0.3, -0.25) is 4.79 Å². The molecule has 2 N–H and O–H groups in total. The predicted octanol–water partition coefficient (Wildman–Crippen LogP) is 1.46. The summed E-state index contributed by atoms with van der Waals surface area (Å²) in [6.07, 6.45) is 1.13. The number of nitrogens with one attached hydrogen (secondary N) is 2. The van der Waals surface area contributed by atoms with E-state index in [1.54, 1.807) is 12.1 Å². The highest BCUT2D eigenvalue weighted by atomic mass is 35.5. The van der Waals surface area contributed by atoms with Gasteiger partial charge in [0, 0.05) is 32.1 Å². The molecule has 0 aliphatic carbocycles. The number of piperidine rings is 1. The average molecular weight is 390 g/mol. The normalized spacial score (nSPS) is 16.3. The third-order valence-corrected chi connectivity index (χ3v) is 6.51. The number of nitrogens with zero attached hydrogens (tertiary/aromatic N) is 1. The van der Waals surface area contributed by atoms with E-state index in [1.165, 1.54) is 4.31 Å². The summed E-state index contributed by atoms with van der Waals surface area (Å²) in [4.78, 5) is 12.4. The molecule has 0 atom stereocenters. The Bertz CT molecular complexity index is 686. The van der Waals surface area contributed by atoms with Crippen molar-refractivity contribution in [2.45, 2.75) is 31.6 Å². The average Bonchev–Trinajstić information content (AvgIpc) is 2.57. The van der Waals surface area contributed by atoms with E-state index in [-0.39, 0.29) is 24.2 Å². The SMILES string of the molecule is CNCCNC(=O)C1CCN(S(=O)(=O)c2ccc(C)c(C)c2)CC1.Cl. The fourth-order valence-corrected chi connectivity index (χ4v) is 4.39. The van der Waals surface area contributed by atoms with Gasteiger partial charge in [-0.25, -0.2) is 8.42 Å². The number of amides is 1. The second kappa shape index (κ2) is 9.52. The van der Waals surface area contributed by atoms with Crippen LogP contribution in [0.2, 0.25) is 0 Å². The molecule has 1 aromatic rings. The number of aryl methyl sites for hydroxylation is 2. The highest BCUT2D eigenvalue weighted by molar-refractivity contribution is 7.89. The molecule has 8 heteroatoms. The van der Waals surface area contributed by atoms with Crippen molar-refractivity contribution in [1.29, 1.82) is 0 Å². The maximum atomic E-state index is 12.8. The first-order chi connectivity index (χ1) is 11.4. The Labute approximate surface area is 156 Å². The summed E-state index contributed by atoms with van der Waals surface area (Å²) < 4.78 is 27.0. The van der Waals surface area contributed by atoms with Crippen LogP contribution in [0.4, 0.5) is 0 Å². The van der Waals surface area contributed by atoms with Gasteiger partial charge in [0.2, 0.25) is 15.9 Å². The zero-order chi connectivity index (χ0) is 17.7. The van der Waals surface area contributed by atoms with E-state index < -0.39 is 10.0 Å². The number of rotatable bonds is 6. The number of carbonyl (C=O) groups is 1. The van der Waals surface area contributed by atoms with Gasteiger partial charge in [-0.15, -0.1) is 12.4 Å². The molecule has 0 spiro atoms. The maximum absolute atomic E-state index is 12.8. The van der Waals surface area contributed by atoms with Crippen LogP contribution in [0.1, 0.15) is 24.0 Å². The quantitative estimate of drug-likeness (QED) is 0.722. The molecule has 0 unspecified atom stereocenters. The molecule has 0 saturated carbocycles. The molecule has 1 fully saturated rings. The van der Waals surface area contributed by atoms with Gasteiger partial charge in [0.1, 0.15) is 0 Å². The molecule has 2 rings (SSSR count). The van der Waals surface area contributed by atoms with Crippen molar-refractivity contribution >= 4 is 28.3 Å².